The highest BCUT2D eigenvalue weighted by molar-refractivity contribution is 7.99. The zero-order valence-corrected chi connectivity index (χ0v) is 11.0. The summed E-state index contributed by atoms with van der Waals surface area (Å²) in [4.78, 5) is 8.22. The fourth-order valence-electron chi connectivity index (χ4n) is 1.91. The number of halogens is 1. The van der Waals surface area contributed by atoms with Crippen molar-refractivity contribution in [3.8, 4) is 11.5 Å². The Kier molecular flexibility index (Phi) is 3.74. The molecule has 2 aromatic rings. The van der Waals surface area contributed by atoms with Gasteiger partial charge in [0, 0.05) is 30.5 Å². The summed E-state index contributed by atoms with van der Waals surface area (Å²) in [5.41, 5.74) is 0.516. The van der Waals surface area contributed by atoms with E-state index in [1.165, 1.54) is 6.07 Å². The number of rotatable bonds is 3. The van der Waals surface area contributed by atoms with E-state index in [2.05, 4.69) is 20.4 Å². The highest BCUT2D eigenvalue weighted by Crippen LogP contribution is 2.16. The van der Waals surface area contributed by atoms with E-state index >= 15 is 0 Å². The van der Waals surface area contributed by atoms with E-state index in [1.807, 2.05) is 11.8 Å². The largest absolute Gasteiger partial charge is 0.339 e. The quantitative estimate of drug-likeness (QED) is 0.919. The standard InChI is InChI=1S/C12H13FN4OS/c13-8-1-2-10(15-6-8)12-16-11(18-17-12)5-9-7-19-4-3-14-9/h1-2,6,9,14H,3-5,7H2. The van der Waals surface area contributed by atoms with Gasteiger partial charge in [0.05, 0.1) is 6.20 Å². The van der Waals surface area contributed by atoms with Gasteiger partial charge in [-0.2, -0.15) is 16.7 Å². The lowest BCUT2D eigenvalue weighted by atomic mass is 10.2. The molecule has 0 radical (unpaired) electrons. The maximum Gasteiger partial charge on any atom is 0.228 e. The van der Waals surface area contributed by atoms with Crippen molar-refractivity contribution in [3.63, 3.8) is 0 Å². The molecule has 1 N–H and O–H groups in total. The predicted octanol–water partition coefficient (Wildman–Crippen LogP) is 1.52. The van der Waals surface area contributed by atoms with E-state index in [1.54, 1.807) is 6.07 Å². The highest BCUT2D eigenvalue weighted by Gasteiger charge is 2.17. The minimum Gasteiger partial charge on any atom is -0.339 e. The lowest BCUT2D eigenvalue weighted by molar-refractivity contribution is 0.363. The Morgan fingerprint density at radius 3 is 3.16 bits per heavy atom. The molecule has 1 aliphatic rings. The van der Waals surface area contributed by atoms with Crippen LogP contribution in [0.4, 0.5) is 4.39 Å². The predicted molar refractivity (Wildman–Crippen MR) is 70.3 cm³/mol. The van der Waals surface area contributed by atoms with E-state index < -0.39 is 0 Å². The van der Waals surface area contributed by atoms with E-state index in [9.17, 15) is 4.39 Å². The van der Waals surface area contributed by atoms with Crippen molar-refractivity contribution in [2.75, 3.05) is 18.1 Å². The van der Waals surface area contributed by atoms with Gasteiger partial charge in [0.1, 0.15) is 11.5 Å². The molecule has 0 spiro atoms. The van der Waals surface area contributed by atoms with Crippen LogP contribution in [0.25, 0.3) is 11.5 Å². The van der Waals surface area contributed by atoms with Crippen molar-refractivity contribution < 1.29 is 8.91 Å². The van der Waals surface area contributed by atoms with Crippen LogP contribution in [0.5, 0.6) is 0 Å². The summed E-state index contributed by atoms with van der Waals surface area (Å²) in [6.07, 6.45) is 1.85. The van der Waals surface area contributed by atoms with Gasteiger partial charge in [-0.3, -0.25) is 0 Å². The van der Waals surface area contributed by atoms with E-state index in [4.69, 9.17) is 4.52 Å². The van der Waals surface area contributed by atoms with Gasteiger partial charge < -0.3 is 9.84 Å². The zero-order valence-electron chi connectivity index (χ0n) is 10.2. The van der Waals surface area contributed by atoms with Gasteiger partial charge in [0.25, 0.3) is 0 Å². The first-order chi connectivity index (χ1) is 9.31. The molecule has 5 nitrogen and oxygen atoms in total. The number of pyridine rings is 1. The van der Waals surface area contributed by atoms with E-state index in [0.717, 1.165) is 24.2 Å². The molecule has 3 heterocycles. The molecule has 1 unspecified atom stereocenters. The summed E-state index contributed by atoms with van der Waals surface area (Å²) in [6, 6.07) is 3.24. The minimum absolute atomic E-state index is 0.369. The second kappa shape index (κ2) is 5.66. The Balaban J connectivity index is 1.70. The fraction of sp³-hybridized carbons (Fsp3) is 0.417. The molecule has 2 aromatic heterocycles. The van der Waals surface area contributed by atoms with Crippen molar-refractivity contribution in [3.05, 3.63) is 30.0 Å². The molecule has 19 heavy (non-hydrogen) atoms. The van der Waals surface area contributed by atoms with Crippen LogP contribution in [0.15, 0.2) is 22.9 Å². The first-order valence-electron chi connectivity index (χ1n) is 6.07. The summed E-state index contributed by atoms with van der Waals surface area (Å²) in [7, 11) is 0. The molecule has 100 valence electrons. The topological polar surface area (TPSA) is 63.8 Å². The minimum atomic E-state index is -0.379. The second-order valence-electron chi connectivity index (χ2n) is 4.30. The highest BCUT2D eigenvalue weighted by atomic mass is 32.2. The number of thioether (sulfide) groups is 1. The van der Waals surface area contributed by atoms with Crippen molar-refractivity contribution in [1.82, 2.24) is 20.4 Å². The van der Waals surface area contributed by atoms with Crippen LogP contribution in [-0.2, 0) is 6.42 Å². The maximum atomic E-state index is 12.8. The van der Waals surface area contributed by atoms with Crippen molar-refractivity contribution >= 4 is 11.8 Å². The molecule has 1 saturated heterocycles. The monoisotopic (exact) mass is 280 g/mol. The number of hydrogen-bond donors (Lipinski definition) is 1. The molecule has 0 aliphatic carbocycles. The molecule has 0 saturated carbocycles. The Labute approximate surface area is 114 Å². The first kappa shape index (κ1) is 12.6. The second-order valence-corrected chi connectivity index (χ2v) is 5.45. The molecule has 1 aliphatic heterocycles. The third kappa shape index (κ3) is 3.10. The molecular weight excluding hydrogens is 267 g/mol. The van der Waals surface area contributed by atoms with Crippen molar-refractivity contribution in [1.29, 1.82) is 0 Å². The lowest BCUT2D eigenvalue weighted by Gasteiger charge is -2.21. The third-order valence-corrected chi connectivity index (χ3v) is 3.97. The van der Waals surface area contributed by atoms with Crippen molar-refractivity contribution in [2.24, 2.45) is 0 Å². The third-order valence-electron chi connectivity index (χ3n) is 2.84. The van der Waals surface area contributed by atoms with Crippen LogP contribution < -0.4 is 5.32 Å². The van der Waals surface area contributed by atoms with Crippen LogP contribution in [0.2, 0.25) is 0 Å². The van der Waals surface area contributed by atoms with Crippen molar-refractivity contribution in [2.45, 2.75) is 12.5 Å². The summed E-state index contributed by atoms with van der Waals surface area (Å²) in [5.74, 6) is 2.80. The summed E-state index contributed by atoms with van der Waals surface area (Å²) >= 11 is 1.92. The van der Waals surface area contributed by atoms with E-state index in [0.29, 0.717) is 29.9 Å². The van der Waals surface area contributed by atoms with Crippen LogP contribution in [0.1, 0.15) is 5.89 Å². The Bertz CT molecular complexity index is 539. The van der Waals surface area contributed by atoms with Gasteiger partial charge >= 0.3 is 0 Å². The normalized spacial score (nSPS) is 19.5. The SMILES string of the molecule is Fc1ccc(-c2noc(CC3CSCCN3)n2)nc1. The van der Waals surface area contributed by atoms with Crippen LogP contribution in [-0.4, -0.2) is 39.2 Å². The molecule has 0 aromatic carbocycles. The van der Waals surface area contributed by atoms with Gasteiger partial charge in [-0.05, 0) is 12.1 Å². The summed E-state index contributed by atoms with van der Waals surface area (Å²) < 4.78 is 18.0. The lowest BCUT2D eigenvalue weighted by Crippen LogP contribution is -2.38. The average molecular weight is 280 g/mol. The number of hydrogen-bond acceptors (Lipinski definition) is 6. The van der Waals surface area contributed by atoms with Gasteiger partial charge in [-0.15, -0.1) is 0 Å². The summed E-state index contributed by atoms with van der Waals surface area (Å²) in [5, 5.41) is 7.29. The van der Waals surface area contributed by atoms with Gasteiger partial charge in [-0.25, -0.2) is 9.37 Å². The smallest absolute Gasteiger partial charge is 0.228 e. The Hall–Kier alpha value is -1.47. The molecule has 3 rings (SSSR count). The van der Waals surface area contributed by atoms with Gasteiger partial charge in [-0.1, -0.05) is 5.16 Å². The number of nitrogens with one attached hydrogen (secondary N) is 1. The fourth-order valence-corrected chi connectivity index (χ4v) is 2.86. The maximum absolute atomic E-state index is 12.8. The Morgan fingerprint density at radius 1 is 1.47 bits per heavy atom. The number of aromatic nitrogens is 3. The molecule has 0 bridgehead atoms. The average Bonchev–Trinajstić information content (AvgIpc) is 2.89. The Morgan fingerprint density at radius 2 is 2.42 bits per heavy atom. The van der Waals surface area contributed by atoms with Gasteiger partial charge in [0.15, 0.2) is 0 Å². The van der Waals surface area contributed by atoms with E-state index in [-0.39, 0.29) is 5.82 Å². The number of nitrogens with zero attached hydrogens (tertiary/aromatic N) is 3. The molecule has 7 heteroatoms. The molecular formula is C12H13FN4OS. The zero-order chi connectivity index (χ0) is 13.1. The molecule has 1 fully saturated rings. The van der Waals surface area contributed by atoms with Gasteiger partial charge in [0.2, 0.25) is 11.7 Å². The van der Waals surface area contributed by atoms with Crippen LogP contribution >= 0.6 is 11.8 Å². The first-order valence-corrected chi connectivity index (χ1v) is 7.22. The summed E-state index contributed by atoms with van der Waals surface area (Å²) in [6.45, 7) is 1.01. The van der Waals surface area contributed by atoms with Crippen LogP contribution in [0, 0.1) is 5.82 Å². The molecule has 1 atom stereocenters. The molecule has 0 amide bonds. The van der Waals surface area contributed by atoms with Crippen LogP contribution in [0.3, 0.4) is 0 Å².